The lowest BCUT2D eigenvalue weighted by Crippen LogP contribution is -2.35. The second kappa shape index (κ2) is 5.75. The van der Waals surface area contributed by atoms with Crippen molar-refractivity contribution in [1.29, 1.82) is 0 Å². The van der Waals surface area contributed by atoms with Crippen LogP contribution in [0.3, 0.4) is 0 Å². The van der Waals surface area contributed by atoms with Crippen molar-refractivity contribution >= 4 is 5.91 Å². The molecule has 1 amide bonds. The van der Waals surface area contributed by atoms with Crippen molar-refractivity contribution in [3.05, 3.63) is 63.3 Å². The summed E-state index contributed by atoms with van der Waals surface area (Å²) in [6.07, 6.45) is 3.54. The molecule has 1 fully saturated rings. The number of rotatable bonds is 2. The van der Waals surface area contributed by atoms with E-state index in [2.05, 4.69) is 9.97 Å². The van der Waals surface area contributed by atoms with Crippen molar-refractivity contribution in [1.82, 2.24) is 14.9 Å². The maximum atomic E-state index is 12.8. The summed E-state index contributed by atoms with van der Waals surface area (Å²) in [7, 11) is 0. The standard InChI is InChI=1S/C17H19N3O2/c1-11-10-13(16(21)19-12(11)2)17(22)20-9-5-7-15(20)14-6-3-4-8-18-14/h3-4,6,8,10,15H,5,7,9H2,1-2H3,(H,19,21)/t15-/m1/s1. The fourth-order valence-electron chi connectivity index (χ4n) is 2.93. The average Bonchev–Trinajstić information content (AvgIpc) is 3.00. The van der Waals surface area contributed by atoms with Crippen LogP contribution >= 0.6 is 0 Å². The number of aromatic nitrogens is 2. The second-order valence-electron chi connectivity index (χ2n) is 5.73. The molecule has 1 saturated heterocycles. The van der Waals surface area contributed by atoms with Crippen LogP contribution < -0.4 is 5.56 Å². The van der Waals surface area contributed by atoms with Crippen molar-refractivity contribution in [3.8, 4) is 0 Å². The topological polar surface area (TPSA) is 66.1 Å². The third-order valence-electron chi connectivity index (χ3n) is 4.27. The van der Waals surface area contributed by atoms with Crippen LogP contribution in [0.15, 0.2) is 35.3 Å². The number of nitrogens with one attached hydrogen (secondary N) is 1. The van der Waals surface area contributed by atoms with E-state index in [-0.39, 0.29) is 23.1 Å². The van der Waals surface area contributed by atoms with E-state index in [1.807, 2.05) is 32.0 Å². The second-order valence-corrected chi connectivity index (χ2v) is 5.73. The molecule has 0 unspecified atom stereocenters. The highest BCUT2D eigenvalue weighted by Crippen LogP contribution is 2.31. The lowest BCUT2D eigenvalue weighted by atomic mass is 10.1. The van der Waals surface area contributed by atoms with Crippen LogP contribution in [0.5, 0.6) is 0 Å². The summed E-state index contributed by atoms with van der Waals surface area (Å²) in [5.74, 6) is -0.211. The van der Waals surface area contributed by atoms with Crippen molar-refractivity contribution < 1.29 is 4.79 Å². The van der Waals surface area contributed by atoms with E-state index in [4.69, 9.17) is 0 Å². The zero-order valence-electron chi connectivity index (χ0n) is 12.8. The van der Waals surface area contributed by atoms with E-state index in [0.717, 1.165) is 29.8 Å². The molecule has 1 aliphatic heterocycles. The fourth-order valence-corrected chi connectivity index (χ4v) is 2.93. The molecule has 1 atom stereocenters. The molecule has 22 heavy (non-hydrogen) atoms. The lowest BCUT2D eigenvalue weighted by Gasteiger charge is -2.24. The number of hydrogen-bond acceptors (Lipinski definition) is 3. The zero-order valence-corrected chi connectivity index (χ0v) is 12.8. The maximum Gasteiger partial charge on any atom is 0.261 e. The van der Waals surface area contributed by atoms with Crippen molar-refractivity contribution in [3.63, 3.8) is 0 Å². The summed E-state index contributed by atoms with van der Waals surface area (Å²) in [4.78, 5) is 33.8. The molecule has 3 heterocycles. The number of aryl methyl sites for hydroxylation is 2. The molecule has 2 aromatic rings. The first kappa shape index (κ1) is 14.5. The van der Waals surface area contributed by atoms with Crippen molar-refractivity contribution in [2.24, 2.45) is 0 Å². The molecule has 0 bridgehead atoms. The smallest absolute Gasteiger partial charge is 0.261 e. The van der Waals surface area contributed by atoms with Gasteiger partial charge in [0.25, 0.3) is 11.5 Å². The first-order valence-corrected chi connectivity index (χ1v) is 7.50. The number of aromatic amines is 1. The third-order valence-corrected chi connectivity index (χ3v) is 4.27. The Morgan fingerprint density at radius 3 is 2.91 bits per heavy atom. The highest BCUT2D eigenvalue weighted by molar-refractivity contribution is 5.94. The summed E-state index contributed by atoms with van der Waals surface area (Å²) < 4.78 is 0. The largest absolute Gasteiger partial charge is 0.330 e. The van der Waals surface area contributed by atoms with Gasteiger partial charge in [-0.1, -0.05) is 6.07 Å². The number of nitrogens with zero attached hydrogens (tertiary/aromatic N) is 2. The van der Waals surface area contributed by atoms with E-state index in [0.29, 0.717) is 6.54 Å². The highest BCUT2D eigenvalue weighted by atomic mass is 16.2. The third kappa shape index (κ3) is 2.54. The fraction of sp³-hybridized carbons (Fsp3) is 0.353. The van der Waals surface area contributed by atoms with Crippen molar-refractivity contribution in [2.75, 3.05) is 6.54 Å². The molecule has 0 saturated carbocycles. The molecule has 0 aromatic carbocycles. The molecule has 1 aliphatic rings. The van der Waals surface area contributed by atoms with E-state index in [9.17, 15) is 9.59 Å². The number of carbonyl (C=O) groups excluding carboxylic acids is 1. The minimum atomic E-state index is -0.320. The van der Waals surface area contributed by atoms with Gasteiger partial charge in [-0.05, 0) is 50.5 Å². The molecule has 5 heteroatoms. The first-order chi connectivity index (χ1) is 10.6. The molecule has 0 spiro atoms. The van der Waals surface area contributed by atoms with Crippen LogP contribution in [0, 0.1) is 13.8 Å². The molecular weight excluding hydrogens is 278 g/mol. The number of hydrogen-bond donors (Lipinski definition) is 1. The molecule has 3 rings (SSSR count). The summed E-state index contributed by atoms with van der Waals surface area (Å²) >= 11 is 0. The lowest BCUT2D eigenvalue weighted by molar-refractivity contribution is 0.0731. The van der Waals surface area contributed by atoms with Crippen LogP contribution in [-0.2, 0) is 0 Å². The van der Waals surface area contributed by atoms with Crippen LogP contribution in [0.1, 0.15) is 46.2 Å². The predicted molar refractivity (Wildman–Crippen MR) is 83.8 cm³/mol. The monoisotopic (exact) mass is 297 g/mol. The van der Waals surface area contributed by atoms with Gasteiger partial charge in [0.15, 0.2) is 0 Å². The van der Waals surface area contributed by atoms with E-state index < -0.39 is 0 Å². The molecule has 1 N–H and O–H groups in total. The molecule has 114 valence electrons. The van der Waals surface area contributed by atoms with Gasteiger partial charge in [0.05, 0.1) is 11.7 Å². The molecular formula is C17H19N3O2. The van der Waals surface area contributed by atoms with Crippen LogP contribution in [0.4, 0.5) is 0 Å². The molecule has 5 nitrogen and oxygen atoms in total. The van der Waals surface area contributed by atoms with Gasteiger partial charge in [-0.2, -0.15) is 0 Å². The SMILES string of the molecule is Cc1cc(C(=O)N2CCC[C@@H]2c2ccccn2)c(=O)[nH]c1C. The number of likely N-dealkylation sites (tertiary alicyclic amines) is 1. The normalized spacial score (nSPS) is 17.7. The Morgan fingerprint density at radius 1 is 1.36 bits per heavy atom. The van der Waals surface area contributed by atoms with Gasteiger partial charge in [0.1, 0.15) is 5.56 Å². The minimum absolute atomic E-state index is 0.0466. The summed E-state index contributed by atoms with van der Waals surface area (Å²) in [5.41, 5.74) is 2.49. The predicted octanol–water partition coefficient (Wildman–Crippen LogP) is 2.36. The van der Waals surface area contributed by atoms with Gasteiger partial charge in [-0.15, -0.1) is 0 Å². The summed E-state index contributed by atoms with van der Waals surface area (Å²) in [5, 5.41) is 0. The van der Waals surface area contributed by atoms with Gasteiger partial charge >= 0.3 is 0 Å². The highest BCUT2D eigenvalue weighted by Gasteiger charge is 2.32. The number of amides is 1. The van der Waals surface area contributed by atoms with Crippen LogP contribution in [0.2, 0.25) is 0 Å². The van der Waals surface area contributed by atoms with E-state index >= 15 is 0 Å². The summed E-state index contributed by atoms with van der Waals surface area (Å²) in [6.45, 7) is 4.38. The quantitative estimate of drug-likeness (QED) is 0.925. The van der Waals surface area contributed by atoms with Gasteiger partial charge in [0, 0.05) is 18.4 Å². The maximum absolute atomic E-state index is 12.8. The molecule has 0 radical (unpaired) electrons. The van der Waals surface area contributed by atoms with Crippen LogP contribution in [0.25, 0.3) is 0 Å². The Labute approximate surface area is 129 Å². The van der Waals surface area contributed by atoms with Gasteiger partial charge in [-0.25, -0.2) is 0 Å². The van der Waals surface area contributed by atoms with Crippen LogP contribution in [-0.4, -0.2) is 27.3 Å². The average molecular weight is 297 g/mol. The number of H-pyrrole nitrogens is 1. The van der Waals surface area contributed by atoms with Gasteiger partial charge < -0.3 is 9.88 Å². The Hall–Kier alpha value is -2.43. The zero-order chi connectivity index (χ0) is 15.7. The first-order valence-electron chi connectivity index (χ1n) is 7.50. The van der Waals surface area contributed by atoms with Crippen molar-refractivity contribution in [2.45, 2.75) is 32.7 Å². The Kier molecular flexibility index (Phi) is 3.79. The Morgan fingerprint density at radius 2 is 2.18 bits per heavy atom. The summed E-state index contributed by atoms with van der Waals surface area (Å²) in [6, 6.07) is 7.35. The van der Waals surface area contributed by atoms with E-state index in [1.165, 1.54) is 0 Å². The minimum Gasteiger partial charge on any atom is -0.330 e. The molecule has 2 aromatic heterocycles. The Bertz CT molecular complexity index is 752. The molecule has 0 aliphatic carbocycles. The Balaban J connectivity index is 1.95. The van der Waals surface area contributed by atoms with Gasteiger partial charge in [0.2, 0.25) is 0 Å². The van der Waals surface area contributed by atoms with E-state index in [1.54, 1.807) is 17.2 Å². The number of carbonyl (C=O) groups is 1. The van der Waals surface area contributed by atoms with Gasteiger partial charge in [-0.3, -0.25) is 14.6 Å². The number of pyridine rings is 2.